The van der Waals surface area contributed by atoms with Gasteiger partial charge in [-0.05, 0) is 18.6 Å². The lowest BCUT2D eigenvalue weighted by atomic mass is 10.1. The summed E-state index contributed by atoms with van der Waals surface area (Å²) in [5.41, 5.74) is 0.931. The van der Waals surface area contributed by atoms with Crippen molar-refractivity contribution in [2.45, 2.75) is 25.9 Å². The predicted molar refractivity (Wildman–Crippen MR) is 77.5 cm³/mol. The summed E-state index contributed by atoms with van der Waals surface area (Å²) in [6.07, 6.45) is 0. The molecule has 0 heterocycles. The minimum absolute atomic E-state index is 0.0513. The second-order valence-corrected chi connectivity index (χ2v) is 4.83. The number of methoxy groups -OCH3 is 1. The monoisotopic (exact) mass is 298 g/mol. The number of rotatable bonds is 6. The second kappa shape index (κ2) is 7.87. The van der Waals surface area contributed by atoms with Gasteiger partial charge in [-0.3, -0.25) is 4.79 Å². The van der Waals surface area contributed by atoms with E-state index in [4.69, 9.17) is 11.6 Å². The van der Waals surface area contributed by atoms with E-state index in [9.17, 15) is 9.59 Å². The third kappa shape index (κ3) is 4.83. The lowest BCUT2D eigenvalue weighted by molar-refractivity contribution is -0.144. The molecule has 0 aromatic heterocycles. The van der Waals surface area contributed by atoms with Crippen molar-refractivity contribution in [3.8, 4) is 0 Å². The van der Waals surface area contributed by atoms with Crippen molar-refractivity contribution in [3.05, 3.63) is 34.9 Å². The molecule has 20 heavy (non-hydrogen) atoms. The molecule has 0 aliphatic rings. The number of hydrogen-bond acceptors (Lipinski definition) is 4. The van der Waals surface area contributed by atoms with Crippen molar-refractivity contribution in [3.63, 3.8) is 0 Å². The maximum Gasteiger partial charge on any atom is 0.329 e. The summed E-state index contributed by atoms with van der Waals surface area (Å²) in [4.78, 5) is 22.6. The van der Waals surface area contributed by atoms with Crippen LogP contribution in [0, 0.1) is 0 Å². The highest BCUT2D eigenvalue weighted by Gasteiger charge is 2.21. The molecule has 0 saturated carbocycles. The minimum Gasteiger partial charge on any atom is -0.467 e. The Morgan fingerprint density at radius 2 is 2.00 bits per heavy atom. The topological polar surface area (TPSA) is 67.4 Å². The molecular weight excluding hydrogens is 280 g/mol. The number of halogens is 1. The van der Waals surface area contributed by atoms with Crippen molar-refractivity contribution in [2.24, 2.45) is 0 Å². The Hall–Kier alpha value is -1.59. The highest BCUT2D eigenvalue weighted by Crippen LogP contribution is 2.21. The van der Waals surface area contributed by atoms with Gasteiger partial charge >= 0.3 is 5.97 Å². The number of amides is 1. The molecule has 2 N–H and O–H groups in total. The summed E-state index contributed by atoms with van der Waals surface area (Å²) in [5.74, 6) is -0.772. The first-order valence-electron chi connectivity index (χ1n) is 6.28. The molecule has 1 unspecified atom stereocenters. The lowest BCUT2D eigenvalue weighted by Gasteiger charge is -2.20. The minimum atomic E-state index is -0.720. The summed E-state index contributed by atoms with van der Waals surface area (Å²) < 4.78 is 4.66. The largest absolute Gasteiger partial charge is 0.467 e. The van der Waals surface area contributed by atoms with Gasteiger partial charge in [0.15, 0.2) is 0 Å². The van der Waals surface area contributed by atoms with Crippen LogP contribution in [0.4, 0.5) is 0 Å². The van der Waals surface area contributed by atoms with Gasteiger partial charge in [0.25, 0.3) is 0 Å². The third-order valence-electron chi connectivity index (χ3n) is 2.86. The summed E-state index contributed by atoms with van der Waals surface area (Å²) in [7, 11) is 1.29. The first kappa shape index (κ1) is 16.5. The Labute approximate surface area is 123 Å². The van der Waals surface area contributed by atoms with Crippen molar-refractivity contribution < 1.29 is 14.3 Å². The van der Waals surface area contributed by atoms with Gasteiger partial charge < -0.3 is 15.4 Å². The van der Waals surface area contributed by atoms with Crippen LogP contribution in [0.2, 0.25) is 5.02 Å². The number of esters is 1. The van der Waals surface area contributed by atoms with Crippen LogP contribution >= 0.6 is 11.6 Å². The predicted octanol–water partition coefficient (Wildman–Crippen LogP) is 1.67. The summed E-state index contributed by atoms with van der Waals surface area (Å²) in [5, 5.41) is 6.36. The number of hydrogen-bond donors (Lipinski definition) is 2. The Kier molecular flexibility index (Phi) is 6.48. The summed E-state index contributed by atoms with van der Waals surface area (Å²) in [6.45, 7) is 3.55. The molecule has 0 fully saturated rings. The molecule has 0 radical (unpaired) electrons. The van der Waals surface area contributed by atoms with Gasteiger partial charge in [-0.15, -0.1) is 0 Å². The smallest absolute Gasteiger partial charge is 0.329 e. The van der Waals surface area contributed by atoms with E-state index in [0.29, 0.717) is 5.02 Å². The van der Waals surface area contributed by atoms with E-state index >= 15 is 0 Å². The second-order valence-electron chi connectivity index (χ2n) is 4.43. The number of carbonyl (C=O) groups is 2. The number of benzene rings is 1. The Morgan fingerprint density at radius 3 is 2.55 bits per heavy atom. The van der Waals surface area contributed by atoms with E-state index in [1.165, 1.54) is 14.0 Å². The first-order valence-corrected chi connectivity index (χ1v) is 6.66. The molecule has 0 spiro atoms. The summed E-state index contributed by atoms with van der Waals surface area (Å²) >= 11 is 6.11. The lowest BCUT2D eigenvalue weighted by Crippen LogP contribution is -2.47. The Morgan fingerprint density at radius 1 is 1.35 bits per heavy atom. The highest BCUT2D eigenvalue weighted by molar-refractivity contribution is 6.31. The van der Waals surface area contributed by atoms with Gasteiger partial charge in [-0.2, -0.15) is 0 Å². The van der Waals surface area contributed by atoms with Gasteiger partial charge in [0, 0.05) is 24.5 Å². The maximum atomic E-state index is 11.6. The SMILES string of the molecule is COC(=O)C(CN[C@@H](C)c1ccccc1Cl)NC(C)=O. The van der Waals surface area contributed by atoms with Crippen LogP contribution in [0.5, 0.6) is 0 Å². The number of carbonyl (C=O) groups excluding carboxylic acids is 2. The molecule has 0 bridgehead atoms. The molecule has 1 aromatic carbocycles. The van der Waals surface area contributed by atoms with Crippen molar-refractivity contribution >= 4 is 23.5 Å². The van der Waals surface area contributed by atoms with E-state index in [-0.39, 0.29) is 18.5 Å². The molecule has 1 rings (SSSR count). The highest BCUT2D eigenvalue weighted by atomic mass is 35.5. The van der Waals surface area contributed by atoms with E-state index in [2.05, 4.69) is 15.4 Å². The zero-order valence-corrected chi connectivity index (χ0v) is 12.5. The molecular formula is C14H19ClN2O3. The fourth-order valence-electron chi connectivity index (χ4n) is 1.81. The Bertz CT molecular complexity index is 479. The van der Waals surface area contributed by atoms with E-state index in [0.717, 1.165) is 5.56 Å². The maximum absolute atomic E-state index is 11.6. The van der Waals surface area contributed by atoms with Gasteiger partial charge in [0.2, 0.25) is 5.91 Å². The van der Waals surface area contributed by atoms with Crippen LogP contribution in [0.15, 0.2) is 24.3 Å². The normalized spacial score (nSPS) is 13.4. The molecule has 0 aliphatic carbocycles. The van der Waals surface area contributed by atoms with Crippen molar-refractivity contribution in [1.29, 1.82) is 0 Å². The fraction of sp³-hybridized carbons (Fsp3) is 0.429. The third-order valence-corrected chi connectivity index (χ3v) is 3.21. The zero-order chi connectivity index (χ0) is 15.1. The van der Waals surface area contributed by atoms with Gasteiger partial charge in [0.05, 0.1) is 7.11 Å². The van der Waals surface area contributed by atoms with Crippen LogP contribution in [0.25, 0.3) is 0 Å². The zero-order valence-electron chi connectivity index (χ0n) is 11.8. The quantitative estimate of drug-likeness (QED) is 0.784. The van der Waals surface area contributed by atoms with Gasteiger partial charge in [-0.25, -0.2) is 4.79 Å². The van der Waals surface area contributed by atoms with Crippen molar-refractivity contribution in [2.75, 3.05) is 13.7 Å². The van der Waals surface area contributed by atoms with Gasteiger partial charge in [0.1, 0.15) is 6.04 Å². The van der Waals surface area contributed by atoms with E-state index < -0.39 is 12.0 Å². The summed E-state index contributed by atoms with van der Waals surface area (Å²) in [6, 6.07) is 6.69. The first-order chi connectivity index (χ1) is 9.45. The molecule has 1 aromatic rings. The van der Waals surface area contributed by atoms with Crippen LogP contribution in [-0.4, -0.2) is 31.6 Å². The van der Waals surface area contributed by atoms with Crippen LogP contribution in [0.3, 0.4) is 0 Å². The molecule has 110 valence electrons. The van der Waals surface area contributed by atoms with E-state index in [1.54, 1.807) is 6.07 Å². The Balaban J connectivity index is 2.65. The molecule has 5 nitrogen and oxygen atoms in total. The standard InChI is InChI=1S/C14H19ClN2O3/c1-9(11-6-4-5-7-12(11)15)16-8-13(14(19)20-3)17-10(2)18/h4-7,9,13,16H,8H2,1-3H3,(H,17,18)/t9-,13?/m0/s1. The molecule has 2 atom stereocenters. The molecule has 1 amide bonds. The average Bonchev–Trinajstić information content (AvgIpc) is 2.42. The van der Waals surface area contributed by atoms with Crippen LogP contribution in [0.1, 0.15) is 25.5 Å². The fourth-order valence-corrected chi connectivity index (χ4v) is 2.11. The molecule has 6 heteroatoms. The average molecular weight is 299 g/mol. The van der Waals surface area contributed by atoms with Gasteiger partial charge in [-0.1, -0.05) is 29.8 Å². The van der Waals surface area contributed by atoms with Crippen molar-refractivity contribution in [1.82, 2.24) is 10.6 Å². The number of ether oxygens (including phenoxy) is 1. The van der Waals surface area contributed by atoms with E-state index in [1.807, 2.05) is 25.1 Å². The number of nitrogens with one attached hydrogen (secondary N) is 2. The molecule has 0 aliphatic heterocycles. The van der Waals surface area contributed by atoms with Crippen LogP contribution < -0.4 is 10.6 Å². The van der Waals surface area contributed by atoms with Crippen LogP contribution in [-0.2, 0) is 14.3 Å². The molecule has 0 saturated heterocycles.